The Kier molecular flexibility index (Phi) is 7.07. The summed E-state index contributed by atoms with van der Waals surface area (Å²) in [5.74, 6) is 0.536. The van der Waals surface area contributed by atoms with E-state index in [4.69, 9.17) is 0 Å². The van der Waals surface area contributed by atoms with Gasteiger partial charge in [0.2, 0.25) is 5.91 Å². The van der Waals surface area contributed by atoms with Gasteiger partial charge in [0.25, 0.3) is 0 Å². The van der Waals surface area contributed by atoms with Gasteiger partial charge in [0, 0.05) is 57.0 Å². The maximum Gasteiger partial charge on any atom is 0.226 e. The van der Waals surface area contributed by atoms with Crippen molar-refractivity contribution < 1.29 is 14.0 Å². The van der Waals surface area contributed by atoms with Gasteiger partial charge < -0.3 is 10.2 Å². The topological polar surface area (TPSA) is 52.7 Å². The number of rotatable bonds is 6. The smallest absolute Gasteiger partial charge is 0.226 e. The van der Waals surface area contributed by atoms with Gasteiger partial charge in [-0.3, -0.25) is 14.5 Å². The van der Waals surface area contributed by atoms with Gasteiger partial charge in [-0.05, 0) is 68.5 Å². The number of hydrogen-bond acceptors (Lipinski definition) is 4. The fourth-order valence-corrected chi connectivity index (χ4v) is 5.56. The zero-order valence-electron chi connectivity index (χ0n) is 19.0. The second-order valence-electron chi connectivity index (χ2n) is 9.78. The quantitative estimate of drug-likeness (QED) is 0.755. The summed E-state index contributed by atoms with van der Waals surface area (Å²) in [4.78, 5) is 29.9. The Labute approximate surface area is 185 Å². The van der Waals surface area contributed by atoms with E-state index in [9.17, 15) is 14.0 Å². The second-order valence-corrected chi connectivity index (χ2v) is 9.78. The molecular weight excluding hydrogens is 393 g/mol. The molecule has 0 aromatic heterocycles. The molecule has 1 aliphatic carbocycles. The van der Waals surface area contributed by atoms with Crippen LogP contribution in [-0.2, 0) is 22.6 Å². The van der Waals surface area contributed by atoms with Crippen molar-refractivity contribution in [3.8, 4) is 0 Å². The average molecular weight is 430 g/mol. The molecule has 2 atom stereocenters. The summed E-state index contributed by atoms with van der Waals surface area (Å²) < 4.78 is 14.4. The van der Waals surface area contributed by atoms with Crippen LogP contribution in [0.15, 0.2) is 12.1 Å². The molecule has 1 aromatic rings. The van der Waals surface area contributed by atoms with Crippen molar-refractivity contribution in [3.63, 3.8) is 0 Å². The minimum absolute atomic E-state index is 0.0532. The first kappa shape index (κ1) is 22.4. The molecule has 31 heavy (non-hydrogen) atoms. The number of benzene rings is 1. The zero-order chi connectivity index (χ0) is 22.0. The molecule has 2 aliphatic heterocycles. The van der Waals surface area contributed by atoms with Crippen LogP contribution < -0.4 is 5.32 Å². The number of amides is 1. The van der Waals surface area contributed by atoms with Crippen molar-refractivity contribution >= 4 is 11.7 Å². The van der Waals surface area contributed by atoms with Crippen LogP contribution in [0, 0.1) is 24.6 Å². The lowest BCUT2D eigenvalue weighted by Crippen LogP contribution is -2.54. The van der Waals surface area contributed by atoms with Gasteiger partial charge in [0.05, 0.1) is 0 Å². The summed E-state index contributed by atoms with van der Waals surface area (Å²) >= 11 is 0. The van der Waals surface area contributed by atoms with Crippen LogP contribution in [-0.4, -0.2) is 60.3 Å². The first-order chi connectivity index (χ1) is 14.9. The Bertz CT molecular complexity index is 815. The van der Waals surface area contributed by atoms with Crippen LogP contribution in [0.25, 0.3) is 0 Å². The van der Waals surface area contributed by atoms with Gasteiger partial charge in [0.15, 0.2) is 0 Å². The highest BCUT2D eigenvalue weighted by atomic mass is 19.1. The molecule has 5 nitrogen and oxygen atoms in total. The molecule has 170 valence electrons. The third-order valence-corrected chi connectivity index (χ3v) is 7.56. The molecular formula is C25H36FN3O2. The van der Waals surface area contributed by atoms with E-state index in [2.05, 4.69) is 22.0 Å². The Morgan fingerprint density at radius 3 is 2.52 bits per heavy atom. The lowest BCUT2D eigenvalue weighted by Gasteiger charge is -2.41. The minimum atomic E-state index is -0.268. The predicted molar refractivity (Wildman–Crippen MR) is 119 cm³/mol. The summed E-state index contributed by atoms with van der Waals surface area (Å²) in [6, 6.07) is 3.31. The highest BCUT2D eigenvalue weighted by molar-refractivity contribution is 5.84. The van der Waals surface area contributed by atoms with E-state index in [0.29, 0.717) is 18.9 Å². The maximum atomic E-state index is 14.4. The first-order valence-electron chi connectivity index (χ1n) is 12.0. The normalized spacial score (nSPS) is 25.3. The number of ketones is 1. The third-order valence-electron chi connectivity index (χ3n) is 7.56. The molecule has 1 amide bonds. The van der Waals surface area contributed by atoms with Crippen molar-refractivity contribution in [3.05, 3.63) is 34.6 Å². The van der Waals surface area contributed by atoms with Gasteiger partial charge in [-0.15, -0.1) is 0 Å². The van der Waals surface area contributed by atoms with Crippen LogP contribution in [0.1, 0.15) is 55.7 Å². The summed E-state index contributed by atoms with van der Waals surface area (Å²) in [5.41, 5.74) is 2.79. The van der Waals surface area contributed by atoms with Crippen molar-refractivity contribution in [2.75, 3.05) is 32.7 Å². The zero-order valence-corrected chi connectivity index (χ0v) is 19.0. The molecule has 4 rings (SSSR count). The minimum Gasteiger partial charge on any atom is -0.337 e. The fraction of sp³-hybridized carbons (Fsp3) is 0.680. The standard InChI is InChI=1S/C25H36FN3O2/c1-17-15-28(9-10-29(17)25(31)19-5-3-4-6-19)16-22-12-23(26)11-21(18(22)2)13-24(30)20-7-8-27-14-20/h11-12,17,19-20,27H,3-10,13-16H2,1-2H3/t17-,20-/m0/s1. The summed E-state index contributed by atoms with van der Waals surface area (Å²) in [6.07, 6.45) is 5.60. The monoisotopic (exact) mass is 429 g/mol. The molecule has 1 aromatic carbocycles. The van der Waals surface area contributed by atoms with Crippen molar-refractivity contribution in [2.24, 2.45) is 11.8 Å². The molecule has 1 saturated carbocycles. The van der Waals surface area contributed by atoms with Gasteiger partial charge in [-0.2, -0.15) is 0 Å². The highest BCUT2D eigenvalue weighted by Gasteiger charge is 2.33. The Balaban J connectivity index is 1.39. The Morgan fingerprint density at radius 2 is 1.84 bits per heavy atom. The number of hydrogen-bond donors (Lipinski definition) is 1. The van der Waals surface area contributed by atoms with E-state index >= 15 is 0 Å². The largest absolute Gasteiger partial charge is 0.337 e. The Hall–Kier alpha value is -1.79. The van der Waals surface area contributed by atoms with Crippen molar-refractivity contribution in [2.45, 2.75) is 65.0 Å². The van der Waals surface area contributed by atoms with E-state index in [-0.39, 0.29) is 29.5 Å². The number of halogens is 1. The third kappa shape index (κ3) is 5.17. The lowest BCUT2D eigenvalue weighted by molar-refractivity contribution is -0.140. The van der Waals surface area contributed by atoms with Gasteiger partial charge in [0.1, 0.15) is 11.6 Å². The molecule has 0 unspecified atom stereocenters. The molecule has 0 bridgehead atoms. The van der Waals surface area contributed by atoms with Gasteiger partial charge >= 0.3 is 0 Å². The SMILES string of the molecule is Cc1c(CC(=O)[C@H]2CCNC2)cc(F)cc1CN1CCN(C(=O)C2CCCC2)[C@@H](C)C1. The summed E-state index contributed by atoms with van der Waals surface area (Å²) in [7, 11) is 0. The number of carbonyl (C=O) groups excluding carboxylic acids is 2. The van der Waals surface area contributed by atoms with Crippen LogP contribution >= 0.6 is 0 Å². The van der Waals surface area contributed by atoms with E-state index in [1.165, 1.54) is 18.9 Å². The number of carbonyl (C=O) groups is 2. The van der Waals surface area contributed by atoms with E-state index in [1.807, 2.05) is 6.92 Å². The summed E-state index contributed by atoms with van der Waals surface area (Å²) in [5, 5.41) is 3.23. The van der Waals surface area contributed by atoms with E-state index in [1.54, 1.807) is 6.07 Å². The van der Waals surface area contributed by atoms with E-state index in [0.717, 1.165) is 68.7 Å². The molecule has 3 aliphatic rings. The number of nitrogens with one attached hydrogen (secondary N) is 1. The number of nitrogens with zero attached hydrogens (tertiary/aromatic N) is 2. The molecule has 2 heterocycles. The fourth-order valence-electron chi connectivity index (χ4n) is 5.56. The number of piperazine rings is 1. The van der Waals surface area contributed by atoms with Crippen LogP contribution in [0.2, 0.25) is 0 Å². The van der Waals surface area contributed by atoms with Gasteiger partial charge in [-0.25, -0.2) is 4.39 Å². The first-order valence-corrected chi connectivity index (χ1v) is 12.0. The lowest BCUT2D eigenvalue weighted by atomic mass is 9.92. The van der Waals surface area contributed by atoms with Crippen LogP contribution in [0.5, 0.6) is 0 Å². The van der Waals surface area contributed by atoms with Crippen LogP contribution in [0.4, 0.5) is 4.39 Å². The molecule has 2 saturated heterocycles. The van der Waals surface area contributed by atoms with Crippen molar-refractivity contribution in [1.82, 2.24) is 15.1 Å². The van der Waals surface area contributed by atoms with Gasteiger partial charge in [-0.1, -0.05) is 12.8 Å². The van der Waals surface area contributed by atoms with Crippen molar-refractivity contribution in [1.29, 1.82) is 0 Å². The Morgan fingerprint density at radius 1 is 1.10 bits per heavy atom. The second kappa shape index (κ2) is 9.78. The molecule has 6 heteroatoms. The average Bonchev–Trinajstić information content (AvgIpc) is 3.45. The number of Topliss-reactive ketones (excluding diaryl/α,β-unsaturated/α-hetero) is 1. The maximum absolute atomic E-state index is 14.4. The molecule has 1 N–H and O–H groups in total. The predicted octanol–water partition coefficient (Wildman–Crippen LogP) is 3.08. The van der Waals surface area contributed by atoms with Crippen LogP contribution in [0.3, 0.4) is 0 Å². The molecule has 0 radical (unpaired) electrons. The molecule has 0 spiro atoms. The summed E-state index contributed by atoms with van der Waals surface area (Å²) in [6.45, 7) is 8.76. The molecule has 3 fully saturated rings. The van der Waals surface area contributed by atoms with E-state index < -0.39 is 0 Å². The highest BCUT2D eigenvalue weighted by Crippen LogP contribution is 2.28.